The van der Waals surface area contributed by atoms with E-state index in [4.69, 9.17) is 9.26 Å². The number of ether oxygens (including phenoxy) is 1. The van der Waals surface area contributed by atoms with Crippen LogP contribution in [0.25, 0.3) is 0 Å². The van der Waals surface area contributed by atoms with Crippen LogP contribution in [0.1, 0.15) is 11.7 Å². The average molecular weight is 254 g/mol. The number of carbonyl (C=O) groups excluding carboxylic acids is 1. The number of hydrogen-bond acceptors (Lipinski definition) is 6. The third kappa shape index (κ3) is 3.05. The molecule has 0 aliphatic carbocycles. The number of carbonyl (C=O) groups is 1. The average Bonchev–Trinajstić information content (AvgIpc) is 2.97. The second kappa shape index (κ2) is 5.92. The van der Waals surface area contributed by atoms with Crippen LogP contribution in [0.2, 0.25) is 0 Å². The van der Waals surface area contributed by atoms with Crippen molar-refractivity contribution in [2.24, 2.45) is 5.92 Å². The zero-order valence-electron chi connectivity index (χ0n) is 10.6. The van der Waals surface area contributed by atoms with E-state index in [0.29, 0.717) is 37.9 Å². The zero-order chi connectivity index (χ0) is 13.0. The summed E-state index contributed by atoms with van der Waals surface area (Å²) in [6, 6.07) is 0.0948. The van der Waals surface area contributed by atoms with Gasteiger partial charge in [-0.25, -0.2) is 0 Å². The Balaban J connectivity index is 1.74. The Bertz CT molecular complexity index is 407. The fourth-order valence-electron chi connectivity index (χ4n) is 1.97. The van der Waals surface area contributed by atoms with Gasteiger partial charge in [0.25, 0.3) is 0 Å². The molecule has 2 rings (SSSR count). The number of likely N-dealkylation sites (N-methyl/N-ethyl adjacent to an activating group) is 1. The van der Waals surface area contributed by atoms with E-state index in [1.165, 1.54) is 0 Å². The molecule has 0 bridgehead atoms. The minimum Gasteiger partial charge on any atom is -0.379 e. The minimum atomic E-state index is -0.123. The smallest absolute Gasteiger partial charge is 0.227 e. The quantitative estimate of drug-likeness (QED) is 0.720. The van der Waals surface area contributed by atoms with E-state index >= 15 is 0 Å². The van der Waals surface area contributed by atoms with Crippen molar-refractivity contribution in [1.82, 2.24) is 20.8 Å². The van der Waals surface area contributed by atoms with Gasteiger partial charge in [-0.15, -0.1) is 0 Å². The molecule has 1 aliphatic heterocycles. The molecule has 0 saturated carbocycles. The third-order valence-corrected chi connectivity index (χ3v) is 3.01. The standard InChI is InChI=1S/C11H18N4O3/c1-7-14-10(15-18-7)3-4-13-11(16)8-5-17-6-9(8)12-2/h8-9,12H,3-6H2,1-2H3,(H,13,16). The molecule has 2 N–H and O–H groups in total. The first-order valence-corrected chi connectivity index (χ1v) is 6.02. The summed E-state index contributed by atoms with van der Waals surface area (Å²) < 4.78 is 10.1. The number of rotatable bonds is 5. The number of nitrogens with one attached hydrogen (secondary N) is 2. The van der Waals surface area contributed by atoms with Crippen molar-refractivity contribution in [3.05, 3.63) is 11.7 Å². The van der Waals surface area contributed by atoms with Gasteiger partial charge in [-0.2, -0.15) is 4.98 Å². The lowest BCUT2D eigenvalue weighted by molar-refractivity contribution is -0.125. The molecule has 1 aliphatic rings. The highest BCUT2D eigenvalue weighted by molar-refractivity contribution is 5.79. The van der Waals surface area contributed by atoms with Crippen molar-refractivity contribution in [3.8, 4) is 0 Å². The molecule has 7 nitrogen and oxygen atoms in total. The largest absolute Gasteiger partial charge is 0.379 e. The fourth-order valence-corrected chi connectivity index (χ4v) is 1.97. The van der Waals surface area contributed by atoms with Gasteiger partial charge in [-0.3, -0.25) is 4.79 Å². The van der Waals surface area contributed by atoms with Crippen LogP contribution in [0.4, 0.5) is 0 Å². The Labute approximate surface area is 105 Å². The molecule has 0 radical (unpaired) electrons. The maximum atomic E-state index is 11.9. The molecule has 18 heavy (non-hydrogen) atoms. The van der Waals surface area contributed by atoms with Gasteiger partial charge in [0, 0.05) is 25.9 Å². The normalized spacial score (nSPS) is 23.2. The first-order valence-electron chi connectivity index (χ1n) is 6.02. The molecule has 0 aromatic carbocycles. The van der Waals surface area contributed by atoms with Crippen molar-refractivity contribution >= 4 is 5.91 Å². The Morgan fingerprint density at radius 2 is 2.33 bits per heavy atom. The van der Waals surface area contributed by atoms with Gasteiger partial charge in [-0.1, -0.05) is 5.16 Å². The van der Waals surface area contributed by atoms with E-state index in [1.807, 2.05) is 7.05 Å². The summed E-state index contributed by atoms with van der Waals surface area (Å²) in [4.78, 5) is 16.0. The summed E-state index contributed by atoms with van der Waals surface area (Å²) >= 11 is 0. The van der Waals surface area contributed by atoms with E-state index in [1.54, 1.807) is 6.92 Å². The van der Waals surface area contributed by atoms with E-state index < -0.39 is 0 Å². The van der Waals surface area contributed by atoms with Gasteiger partial charge < -0.3 is 19.9 Å². The second-order valence-electron chi connectivity index (χ2n) is 4.31. The predicted octanol–water partition coefficient (Wildman–Crippen LogP) is -0.729. The lowest BCUT2D eigenvalue weighted by Crippen LogP contribution is -2.43. The van der Waals surface area contributed by atoms with Crippen molar-refractivity contribution < 1.29 is 14.1 Å². The molecule has 2 atom stereocenters. The van der Waals surface area contributed by atoms with Gasteiger partial charge >= 0.3 is 0 Å². The molecule has 1 amide bonds. The summed E-state index contributed by atoms with van der Waals surface area (Å²) in [7, 11) is 1.84. The Morgan fingerprint density at radius 1 is 1.50 bits per heavy atom. The zero-order valence-corrected chi connectivity index (χ0v) is 10.6. The molecule has 1 aromatic heterocycles. The Hall–Kier alpha value is -1.47. The Kier molecular flexibility index (Phi) is 4.27. The van der Waals surface area contributed by atoms with E-state index in [9.17, 15) is 4.79 Å². The molecule has 7 heteroatoms. The Morgan fingerprint density at radius 3 is 3.00 bits per heavy atom. The highest BCUT2D eigenvalue weighted by atomic mass is 16.5. The SMILES string of the molecule is CNC1COCC1C(=O)NCCc1noc(C)n1. The highest BCUT2D eigenvalue weighted by Crippen LogP contribution is 2.13. The number of aromatic nitrogens is 2. The maximum Gasteiger partial charge on any atom is 0.227 e. The molecule has 100 valence electrons. The van der Waals surface area contributed by atoms with Gasteiger partial charge in [0.2, 0.25) is 11.8 Å². The highest BCUT2D eigenvalue weighted by Gasteiger charge is 2.32. The van der Waals surface area contributed by atoms with Crippen molar-refractivity contribution in [2.75, 3.05) is 26.8 Å². The number of hydrogen-bond donors (Lipinski definition) is 2. The monoisotopic (exact) mass is 254 g/mol. The van der Waals surface area contributed by atoms with Crippen LogP contribution in [0.5, 0.6) is 0 Å². The van der Waals surface area contributed by atoms with Crippen LogP contribution in [0, 0.1) is 12.8 Å². The van der Waals surface area contributed by atoms with Crippen LogP contribution in [-0.4, -0.2) is 48.9 Å². The van der Waals surface area contributed by atoms with E-state index in [-0.39, 0.29) is 17.9 Å². The molecular formula is C11H18N4O3. The lowest BCUT2D eigenvalue weighted by atomic mass is 10.0. The van der Waals surface area contributed by atoms with Crippen molar-refractivity contribution in [3.63, 3.8) is 0 Å². The van der Waals surface area contributed by atoms with Crippen LogP contribution in [0.3, 0.4) is 0 Å². The molecule has 0 spiro atoms. The summed E-state index contributed by atoms with van der Waals surface area (Å²) in [5.74, 6) is 1.03. The summed E-state index contributed by atoms with van der Waals surface area (Å²) in [5.41, 5.74) is 0. The first-order chi connectivity index (χ1) is 8.70. The van der Waals surface area contributed by atoms with Crippen LogP contribution in [-0.2, 0) is 16.0 Å². The second-order valence-corrected chi connectivity index (χ2v) is 4.31. The van der Waals surface area contributed by atoms with Gasteiger partial charge in [0.15, 0.2) is 5.82 Å². The first kappa shape index (κ1) is 13.0. The van der Waals surface area contributed by atoms with Gasteiger partial charge in [0.1, 0.15) is 0 Å². The summed E-state index contributed by atoms with van der Waals surface area (Å²) in [6.45, 7) is 3.30. The molecular weight excluding hydrogens is 236 g/mol. The van der Waals surface area contributed by atoms with Crippen LogP contribution < -0.4 is 10.6 Å². The predicted molar refractivity (Wildman–Crippen MR) is 62.9 cm³/mol. The number of nitrogens with zero attached hydrogens (tertiary/aromatic N) is 2. The molecule has 2 unspecified atom stereocenters. The third-order valence-electron chi connectivity index (χ3n) is 3.01. The van der Waals surface area contributed by atoms with Crippen molar-refractivity contribution in [1.29, 1.82) is 0 Å². The van der Waals surface area contributed by atoms with Crippen LogP contribution >= 0.6 is 0 Å². The fraction of sp³-hybridized carbons (Fsp3) is 0.727. The maximum absolute atomic E-state index is 11.9. The van der Waals surface area contributed by atoms with E-state index in [0.717, 1.165) is 0 Å². The van der Waals surface area contributed by atoms with Crippen molar-refractivity contribution in [2.45, 2.75) is 19.4 Å². The topological polar surface area (TPSA) is 89.3 Å². The van der Waals surface area contributed by atoms with Gasteiger partial charge in [0.05, 0.1) is 19.1 Å². The lowest BCUT2D eigenvalue weighted by Gasteiger charge is -2.15. The summed E-state index contributed by atoms with van der Waals surface area (Å²) in [5, 5.41) is 9.71. The molecule has 1 aromatic rings. The number of aryl methyl sites for hydroxylation is 1. The number of amides is 1. The van der Waals surface area contributed by atoms with E-state index in [2.05, 4.69) is 20.8 Å². The molecule has 2 heterocycles. The molecule has 1 saturated heterocycles. The molecule has 1 fully saturated rings. The summed E-state index contributed by atoms with van der Waals surface area (Å²) in [6.07, 6.45) is 0.570. The minimum absolute atomic E-state index is 0.00654. The van der Waals surface area contributed by atoms with Gasteiger partial charge in [-0.05, 0) is 7.05 Å². The van der Waals surface area contributed by atoms with Crippen LogP contribution in [0.15, 0.2) is 4.52 Å².